The number of halogens is 1. The van der Waals surface area contributed by atoms with Gasteiger partial charge in [-0.05, 0) is 60.2 Å². The van der Waals surface area contributed by atoms with Gasteiger partial charge in [0.25, 0.3) is 0 Å². The number of hydrogen-bond donors (Lipinski definition) is 1. The number of hydrogen-bond acceptors (Lipinski definition) is 3. The second-order valence-electron chi connectivity index (χ2n) is 6.99. The van der Waals surface area contributed by atoms with Crippen molar-refractivity contribution >= 4 is 17.2 Å². The van der Waals surface area contributed by atoms with Crippen molar-refractivity contribution in [3.63, 3.8) is 0 Å². The minimum atomic E-state index is -0.202. The molecule has 1 saturated carbocycles. The molecule has 0 saturated heterocycles. The van der Waals surface area contributed by atoms with Gasteiger partial charge in [0.05, 0.1) is 6.54 Å². The molecule has 1 aromatic carbocycles. The van der Waals surface area contributed by atoms with E-state index in [2.05, 4.69) is 21.7 Å². The van der Waals surface area contributed by atoms with Gasteiger partial charge in [0.1, 0.15) is 5.82 Å². The lowest BCUT2D eigenvalue weighted by Gasteiger charge is -2.35. The van der Waals surface area contributed by atoms with E-state index in [0.717, 1.165) is 13.0 Å². The first kappa shape index (κ1) is 16.7. The zero-order valence-electron chi connectivity index (χ0n) is 14.2. The van der Waals surface area contributed by atoms with Gasteiger partial charge < -0.3 is 5.32 Å². The van der Waals surface area contributed by atoms with Gasteiger partial charge in [0, 0.05) is 24.0 Å². The van der Waals surface area contributed by atoms with E-state index in [4.69, 9.17) is 0 Å². The molecule has 25 heavy (non-hydrogen) atoms. The summed E-state index contributed by atoms with van der Waals surface area (Å²) in [5.41, 5.74) is 2.09. The maximum absolute atomic E-state index is 13.6. The number of carbonyl (C=O) groups excluding carboxylic acids is 1. The Morgan fingerprint density at radius 1 is 1.28 bits per heavy atom. The van der Waals surface area contributed by atoms with Crippen LogP contribution in [0, 0.1) is 11.7 Å². The molecular weight excluding hydrogens is 335 g/mol. The fraction of sp³-hybridized carbons (Fsp3) is 0.450. The first-order valence-corrected chi connectivity index (χ1v) is 9.91. The summed E-state index contributed by atoms with van der Waals surface area (Å²) >= 11 is 1.85. The smallest absolute Gasteiger partial charge is 0.234 e. The minimum absolute atomic E-state index is 0.0423. The zero-order chi connectivity index (χ0) is 17.2. The van der Waals surface area contributed by atoms with Crippen LogP contribution >= 0.6 is 11.3 Å². The Labute approximate surface area is 151 Å². The van der Waals surface area contributed by atoms with E-state index in [9.17, 15) is 9.18 Å². The third kappa shape index (κ3) is 3.77. The van der Waals surface area contributed by atoms with E-state index in [1.54, 1.807) is 12.1 Å². The highest BCUT2D eigenvalue weighted by atomic mass is 32.1. The molecule has 1 aliphatic carbocycles. The Balaban J connectivity index is 1.32. The molecule has 0 bridgehead atoms. The summed E-state index contributed by atoms with van der Waals surface area (Å²) in [6.45, 7) is 1.87. The molecule has 3 nitrogen and oxygen atoms in total. The molecule has 1 amide bonds. The zero-order valence-corrected chi connectivity index (χ0v) is 15.0. The molecule has 0 radical (unpaired) electrons. The number of amides is 1. The summed E-state index contributed by atoms with van der Waals surface area (Å²) in [6, 6.07) is 9.39. The summed E-state index contributed by atoms with van der Waals surface area (Å²) in [4.78, 5) is 16.2. The fourth-order valence-electron chi connectivity index (χ4n) is 3.82. The van der Waals surface area contributed by atoms with Crippen molar-refractivity contribution < 1.29 is 9.18 Å². The van der Waals surface area contributed by atoms with Gasteiger partial charge in [-0.1, -0.05) is 18.2 Å². The Morgan fingerprint density at radius 2 is 2.12 bits per heavy atom. The second-order valence-corrected chi connectivity index (χ2v) is 7.99. The highest BCUT2D eigenvalue weighted by Crippen LogP contribution is 2.48. The summed E-state index contributed by atoms with van der Waals surface area (Å²) in [7, 11) is 0. The number of thiophene rings is 1. The molecule has 2 aromatic rings. The number of rotatable bonds is 6. The van der Waals surface area contributed by atoms with E-state index < -0.39 is 0 Å². The van der Waals surface area contributed by atoms with Crippen LogP contribution in [0.4, 0.5) is 4.39 Å². The molecule has 1 aliphatic heterocycles. The SMILES string of the molecule is O=C(CN1CCc2sccc2[C@H]1C1CC1)NCCc1ccccc1F. The lowest BCUT2D eigenvalue weighted by Crippen LogP contribution is -2.43. The highest BCUT2D eigenvalue weighted by Gasteiger charge is 2.40. The Bertz CT molecular complexity index is 756. The standard InChI is InChI=1S/C20H23FN2OS/c21-17-4-2-1-3-14(17)7-10-22-19(24)13-23-11-8-18-16(9-12-25-18)20(23)15-5-6-15/h1-4,9,12,15,20H,5-8,10-11,13H2,(H,22,24)/t20-/m1/s1. The Morgan fingerprint density at radius 3 is 2.92 bits per heavy atom. The molecule has 1 N–H and O–H groups in total. The molecule has 1 aromatic heterocycles. The van der Waals surface area contributed by atoms with Crippen molar-refractivity contribution in [1.82, 2.24) is 10.2 Å². The Hall–Kier alpha value is -1.72. The van der Waals surface area contributed by atoms with Crippen LogP contribution in [0.5, 0.6) is 0 Å². The van der Waals surface area contributed by atoms with E-state index in [1.165, 1.54) is 29.3 Å². The summed E-state index contributed by atoms with van der Waals surface area (Å²) in [5.74, 6) is 0.548. The van der Waals surface area contributed by atoms with Gasteiger partial charge in [0.15, 0.2) is 0 Å². The van der Waals surface area contributed by atoms with Crippen LogP contribution < -0.4 is 5.32 Å². The van der Waals surface area contributed by atoms with Crippen molar-refractivity contribution in [2.45, 2.75) is 31.7 Å². The van der Waals surface area contributed by atoms with Crippen LogP contribution in [-0.2, 0) is 17.6 Å². The Kier molecular flexibility index (Phi) is 4.86. The lowest BCUT2D eigenvalue weighted by molar-refractivity contribution is -0.123. The topological polar surface area (TPSA) is 32.3 Å². The third-order valence-electron chi connectivity index (χ3n) is 5.21. The van der Waals surface area contributed by atoms with Crippen LogP contribution in [0.25, 0.3) is 0 Å². The summed E-state index contributed by atoms with van der Waals surface area (Å²) < 4.78 is 13.6. The van der Waals surface area contributed by atoms with Gasteiger partial charge in [-0.2, -0.15) is 0 Å². The first-order valence-electron chi connectivity index (χ1n) is 9.03. The van der Waals surface area contributed by atoms with Crippen molar-refractivity contribution in [2.24, 2.45) is 5.92 Å². The maximum Gasteiger partial charge on any atom is 0.234 e. The van der Waals surface area contributed by atoms with Crippen molar-refractivity contribution in [1.29, 1.82) is 0 Å². The second kappa shape index (κ2) is 7.26. The average Bonchev–Trinajstić information content (AvgIpc) is 3.32. The summed E-state index contributed by atoms with van der Waals surface area (Å²) in [6.07, 6.45) is 4.11. The molecular formula is C20H23FN2OS. The highest BCUT2D eigenvalue weighted by molar-refractivity contribution is 7.10. The average molecular weight is 358 g/mol. The summed E-state index contributed by atoms with van der Waals surface area (Å²) in [5, 5.41) is 5.14. The van der Waals surface area contributed by atoms with Gasteiger partial charge >= 0.3 is 0 Å². The molecule has 2 aliphatic rings. The predicted molar refractivity (Wildman–Crippen MR) is 98.2 cm³/mol. The van der Waals surface area contributed by atoms with Crippen LogP contribution in [0.1, 0.15) is 34.9 Å². The largest absolute Gasteiger partial charge is 0.355 e. The molecule has 0 unspecified atom stereocenters. The van der Waals surface area contributed by atoms with Crippen LogP contribution in [-0.4, -0.2) is 30.4 Å². The molecule has 4 rings (SSSR count). The predicted octanol–water partition coefficient (Wildman–Crippen LogP) is 3.56. The molecule has 1 fully saturated rings. The number of nitrogens with zero attached hydrogens (tertiary/aromatic N) is 1. The van der Waals surface area contributed by atoms with Gasteiger partial charge in [-0.3, -0.25) is 9.69 Å². The van der Waals surface area contributed by atoms with Crippen LogP contribution in [0.3, 0.4) is 0 Å². The maximum atomic E-state index is 13.6. The van der Waals surface area contributed by atoms with Crippen LogP contribution in [0.15, 0.2) is 35.7 Å². The lowest BCUT2D eigenvalue weighted by atomic mass is 9.96. The van der Waals surface area contributed by atoms with Gasteiger partial charge in [0.2, 0.25) is 5.91 Å². The number of nitrogens with one attached hydrogen (secondary N) is 1. The third-order valence-corrected chi connectivity index (χ3v) is 6.20. The minimum Gasteiger partial charge on any atom is -0.355 e. The van der Waals surface area contributed by atoms with Gasteiger partial charge in [-0.25, -0.2) is 4.39 Å². The molecule has 1 atom stereocenters. The quantitative estimate of drug-likeness (QED) is 0.856. The molecule has 2 heterocycles. The first-order chi connectivity index (χ1) is 12.2. The van der Waals surface area contributed by atoms with Crippen molar-refractivity contribution in [3.05, 3.63) is 57.5 Å². The van der Waals surface area contributed by atoms with Crippen molar-refractivity contribution in [2.75, 3.05) is 19.6 Å². The number of fused-ring (bicyclic) bond motifs is 1. The van der Waals surface area contributed by atoms with E-state index in [1.807, 2.05) is 17.4 Å². The van der Waals surface area contributed by atoms with Crippen molar-refractivity contribution in [3.8, 4) is 0 Å². The molecule has 5 heteroatoms. The number of benzene rings is 1. The number of carbonyl (C=O) groups is 1. The fourth-order valence-corrected chi connectivity index (χ4v) is 4.73. The van der Waals surface area contributed by atoms with E-state index in [0.29, 0.717) is 37.0 Å². The normalized spacial score (nSPS) is 20.3. The van der Waals surface area contributed by atoms with Gasteiger partial charge in [-0.15, -0.1) is 11.3 Å². The molecule has 0 spiro atoms. The van der Waals surface area contributed by atoms with Crippen LogP contribution in [0.2, 0.25) is 0 Å². The van der Waals surface area contributed by atoms with E-state index in [-0.39, 0.29) is 11.7 Å². The van der Waals surface area contributed by atoms with E-state index >= 15 is 0 Å². The molecule has 132 valence electrons. The monoisotopic (exact) mass is 358 g/mol.